The number of aromatic nitrogens is 1. The summed E-state index contributed by atoms with van der Waals surface area (Å²) in [5.41, 5.74) is 2.04. The molecule has 6 nitrogen and oxygen atoms in total. The van der Waals surface area contributed by atoms with E-state index in [0.717, 1.165) is 5.69 Å². The first-order valence-corrected chi connectivity index (χ1v) is 8.50. The van der Waals surface area contributed by atoms with Gasteiger partial charge in [-0.25, -0.2) is 14.2 Å². The third-order valence-electron chi connectivity index (χ3n) is 3.93. The number of carbonyl (C=O) groups is 2. The molecule has 2 aromatic carbocycles. The van der Waals surface area contributed by atoms with Crippen molar-refractivity contribution in [3.05, 3.63) is 83.8 Å². The first-order valence-electron chi connectivity index (χ1n) is 8.50. The Kier molecular flexibility index (Phi) is 5.96. The summed E-state index contributed by atoms with van der Waals surface area (Å²) in [6, 6.07) is 16.3. The molecule has 0 saturated heterocycles. The molecule has 28 heavy (non-hydrogen) atoms. The van der Waals surface area contributed by atoms with Crippen molar-refractivity contribution >= 4 is 29.1 Å². The van der Waals surface area contributed by atoms with Crippen molar-refractivity contribution in [2.24, 2.45) is 0 Å². The Labute approximate surface area is 161 Å². The monoisotopic (exact) mass is 379 g/mol. The number of carbonyl (C=O) groups excluding carboxylic acids is 2. The second-order valence-corrected chi connectivity index (χ2v) is 5.94. The molecule has 0 spiro atoms. The molecule has 3 rings (SSSR count). The molecule has 0 aliphatic heterocycles. The van der Waals surface area contributed by atoms with Crippen LogP contribution in [0.2, 0.25) is 0 Å². The van der Waals surface area contributed by atoms with Gasteiger partial charge in [0.05, 0.1) is 31.0 Å². The van der Waals surface area contributed by atoms with Crippen LogP contribution in [0.3, 0.4) is 0 Å². The molecule has 7 heteroatoms. The summed E-state index contributed by atoms with van der Waals surface area (Å²) < 4.78 is 18.3. The van der Waals surface area contributed by atoms with Crippen LogP contribution in [0.1, 0.15) is 15.9 Å². The van der Waals surface area contributed by atoms with Crippen LogP contribution in [0.4, 0.5) is 21.6 Å². The fraction of sp³-hybridized carbons (Fsp3) is 0.0952. The van der Waals surface area contributed by atoms with Crippen molar-refractivity contribution in [1.29, 1.82) is 0 Å². The molecule has 0 bridgehead atoms. The van der Waals surface area contributed by atoms with E-state index in [2.05, 4.69) is 20.4 Å². The maximum atomic E-state index is 13.6. The summed E-state index contributed by atoms with van der Waals surface area (Å²) in [6.45, 7) is 0. The SMILES string of the molecule is COC(=O)c1ccc(Nc2ccc(NC(=O)Cc3ccccc3F)cn2)cc1. The predicted octanol–water partition coefficient (Wildman–Crippen LogP) is 3.93. The van der Waals surface area contributed by atoms with Crippen molar-refractivity contribution in [3.8, 4) is 0 Å². The summed E-state index contributed by atoms with van der Waals surface area (Å²) in [6.07, 6.45) is 1.45. The lowest BCUT2D eigenvalue weighted by Gasteiger charge is -2.09. The van der Waals surface area contributed by atoms with Gasteiger partial charge in [-0.1, -0.05) is 18.2 Å². The number of benzene rings is 2. The van der Waals surface area contributed by atoms with Gasteiger partial charge in [-0.3, -0.25) is 4.79 Å². The van der Waals surface area contributed by atoms with Crippen LogP contribution in [-0.4, -0.2) is 24.0 Å². The highest BCUT2D eigenvalue weighted by Crippen LogP contribution is 2.17. The van der Waals surface area contributed by atoms with E-state index in [-0.39, 0.29) is 12.3 Å². The molecule has 0 unspecified atom stereocenters. The zero-order valence-corrected chi connectivity index (χ0v) is 15.1. The van der Waals surface area contributed by atoms with Gasteiger partial charge in [0.25, 0.3) is 0 Å². The van der Waals surface area contributed by atoms with E-state index in [1.165, 1.54) is 19.4 Å². The molecule has 0 radical (unpaired) electrons. The molecular weight excluding hydrogens is 361 g/mol. The summed E-state index contributed by atoms with van der Waals surface area (Å²) in [7, 11) is 1.33. The highest BCUT2D eigenvalue weighted by atomic mass is 19.1. The van der Waals surface area contributed by atoms with Gasteiger partial charge < -0.3 is 15.4 Å². The van der Waals surface area contributed by atoms with Crippen LogP contribution in [-0.2, 0) is 16.0 Å². The molecule has 0 atom stereocenters. The van der Waals surface area contributed by atoms with E-state index < -0.39 is 11.8 Å². The van der Waals surface area contributed by atoms with Crippen molar-refractivity contribution in [1.82, 2.24) is 4.98 Å². The lowest BCUT2D eigenvalue weighted by Crippen LogP contribution is -2.15. The minimum absolute atomic E-state index is 0.0563. The normalized spacial score (nSPS) is 10.2. The van der Waals surface area contributed by atoms with Crippen LogP contribution in [0.5, 0.6) is 0 Å². The second kappa shape index (κ2) is 8.77. The summed E-state index contributed by atoms with van der Waals surface area (Å²) in [5, 5.41) is 5.78. The van der Waals surface area contributed by atoms with Crippen LogP contribution in [0.15, 0.2) is 66.9 Å². The zero-order chi connectivity index (χ0) is 19.9. The standard InChI is InChI=1S/C21H18FN3O3/c1-28-21(27)14-6-8-16(9-7-14)24-19-11-10-17(13-23-19)25-20(26)12-15-4-2-3-5-18(15)22/h2-11,13H,12H2,1H3,(H,23,24)(H,25,26). The quantitative estimate of drug-likeness (QED) is 0.635. The molecule has 0 aliphatic carbocycles. The number of rotatable bonds is 6. The van der Waals surface area contributed by atoms with Crippen molar-refractivity contribution in [2.45, 2.75) is 6.42 Å². The molecule has 2 N–H and O–H groups in total. The van der Waals surface area contributed by atoms with E-state index in [4.69, 9.17) is 0 Å². The minimum Gasteiger partial charge on any atom is -0.465 e. The number of anilines is 3. The van der Waals surface area contributed by atoms with Gasteiger partial charge in [0, 0.05) is 5.69 Å². The van der Waals surface area contributed by atoms with Gasteiger partial charge in [-0.15, -0.1) is 0 Å². The molecule has 1 amide bonds. The second-order valence-electron chi connectivity index (χ2n) is 5.94. The third kappa shape index (κ3) is 4.91. The van der Waals surface area contributed by atoms with Gasteiger partial charge in [-0.2, -0.15) is 0 Å². The predicted molar refractivity (Wildman–Crippen MR) is 104 cm³/mol. The zero-order valence-electron chi connectivity index (χ0n) is 15.1. The fourth-order valence-corrected chi connectivity index (χ4v) is 2.52. The number of hydrogen-bond donors (Lipinski definition) is 2. The number of halogens is 1. The Bertz CT molecular complexity index is 973. The number of pyridine rings is 1. The van der Waals surface area contributed by atoms with Crippen LogP contribution in [0.25, 0.3) is 0 Å². The molecule has 0 fully saturated rings. The maximum Gasteiger partial charge on any atom is 0.337 e. The summed E-state index contributed by atoms with van der Waals surface area (Å²) >= 11 is 0. The van der Waals surface area contributed by atoms with Crippen molar-refractivity contribution in [2.75, 3.05) is 17.7 Å². The molecule has 1 heterocycles. The number of nitrogens with zero attached hydrogens (tertiary/aromatic N) is 1. The van der Waals surface area contributed by atoms with Gasteiger partial charge in [0.15, 0.2) is 0 Å². The first kappa shape index (κ1) is 19.0. The third-order valence-corrected chi connectivity index (χ3v) is 3.93. The fourth-order valence-electron chi connectivity index (χ4n) is 2.52. The van der Waals surface area contributed by atoms with E-state index in [9.17, 15) is 14.0 Å². The van der Waals surface area contributed by atoms with Gasteiger partial charge >= 0.3 is 5.97 Å². The Morgan fingerprint density at radius 2 is 1.71 bits per heavy atom. The van der Waals surface area contributed by atoms with Crippen LogP contribution >= 0.6 is 0 Å². The van der Waals surface area contributed by atoms with Gasteiger partial charge in [0.1, 0.15) is 11.6 Å². The Hall–Kier alpha value is -3.74. The topological polar surface area (TPSA) is 80.3 Å². The highest BCUT2D eigenvalue weighted by molar-refractivity contribution is 5.92. The smallest absolute Gasteiger partial charge is 0.337 e. The van der Waals surface area contributed by atoms with Gasteiger partial charge in [-0.05, 0) is 48.0 Å². The summed E-state index contributed by atoms with van der Waals surface area (Å²) in [4.78, 5) is 27.7. The Morgan fingerprint density at radius 1 is 1.00 bits per heavy atom. The molecule has 3 aromatic rings. The highest BCUT2D eigenvalue weighted by Gasteiger charge is 2.09. The number of amides is 1. The minimum atomic E-state index is -0.409. The van der Waals surface area contributed by atoms with E-state index in [1.807, 2.05) is 0 Å². The average molecular weight is 379 g/mol. The molecule has 142 valence electrons. The number of methoxy groups -OCH3 is 1. The molecule has 0 aliphatic rings. The lowest BCUT2D eigenvalue weighted by molar-refractivity contribution is -0.115. The lowest BCUT2D eigenvalue weighted by atomic mass is 10.1. The number of esters is 1. The van der Waals surface area contributed by atoms with E-state index in [1.54, 1.807) is 54.6 Å². The Balaban J connectivity index is 1.58. The van der Waals surface area contributed by atoms with E-state index in [0.29, 0.717) is 22.6 Å². The largest absolute Gasteiger partial charge is 0.465 e. The van der Waals surface area contributed by atoms with Crippen molar-refractivity contribution in [3.63, 3.8) is 0 Å². The van der Waals surface area contributed by atoms with Crippen LogP contribution in [0, 0.1) is 5.82 Å². The molecule has 1 aromatic heterocycles. The number of nitrogens with one attached hydrogen (secondary N) is 2. The number of hydrogen-bond acceptors (Lipinski definition) is 5. The maximum absolute atomic E-state index is 13.6. The van der Waals surface area contributed by atoms with Gasteiger partial charge in [0.2, 0.25) is 5.91 Å². The Morgan fingerprint density at radius 3 is 2.36 bits per heavy atom. The first-order chi connectivity index (χ1) is 13.5. The number of ether oxygens (including phenoxy) is 1. The average Bonchev–Trinajstić information content (AvgIpc) is 2.71. The molecule has 0 saturated carbocycles. The van der Waals surface area contributed by atoms with Crippen molar-refractivity contribution < 1.29 is 18.7 Å². The van der Waals surface area contributed by atoms with Crippen LogP contribution < -0.4 is 10.6 Å². The summed E-state index contributed by atoms with van der Waals surface area (Å²) in [5.74, 6) is -0.572. The molecular formula is C21H18FN3O3. The van der Waals surface area contributed by atoms with E-state index >= 15 is 0 Å².